The Bertz CT molecular complexity index is 445. The topological polar surface area (TPSA) is 55.6 Å². The van der Waals surface area contributed by atoms with Crippen molar-refractivity contribution in [1.82, 2.24) is 4.90 Å². The molecule has 2 rings (SSSR count). The molecular formula is C14H20N2O2. The van der Waals surface area contributed by atoms with E-state index < -0.39 is 0 Å². The lowest BCUT2D eigenvalue weighted by Gasteiger charge is -2.29. The summed E-state index contributed by atoms with van der Waals surface area (Å²) in [6.07, 6.45) is 0. The molecule has 1 atom stereocenters. The van der Waals surface area contributed by atoms with E-state index in [1.165, 1.54) is 11.1 Å². The molecule has 0 bridgehead atoms. The summed E-state index contributed by atoms with van der Waals surface area (Å²) >= 11 is 0. The minimum Gasteiger partial charge on any atom is -0.370 e. The van der Waals surface area contributed by atoms with Crippen molar-refractivity contribution in [2.24, 2.45) is 5.73 Å². The summed E-state index contributed by atoms with van der Waals surface area (Å²) in [5.74, 6) is 0.0296. The first kappa shape index (κ1) is 13.1. The van der Waals surface area contributed by atoms with E-state index >= 15 is 0 Å². The van der Waals surface area contributed by atoms with Crippen LogP contribution >= 0.6 is 0 Å². The summed E-state index contributed by atoms with van der Waals surface area (Å²) in [6.45, 7) is 6.08. The van der Waals surface area contributed by atoms with E-state index in [2.05, 4.69) is 32.0 Å². The van der Waals surface area contributed by atoms with E-state index in [1.807, 2.05) is 0 Å². The van der Waals surface area contributed by atoms with E-state index in [-0.39, 0.29) is 18.6 Å². The molecule has 0 radical (unpaired) electrons. The predicted octanol–water partition coefficient (Wildman–Crippen LogP) is 1.16. The van der Waals surface area contributed by atoms with Crippen molar-refractivity contribution in [3.8, 4) is 0 Å². The van der Waals surface area contributed by atoms with Crippen LogP contribution in [0.1, 0.15) is 22.7 Å². The van der Waals surface area contributed by atoms with Gasteiger partial charge in [0.05, 0.1) is 6.61 Å². The maximum Gasteiger partial charge on any atom is 0.248 e. The maximum absolute atomic E-state index is 11.7. The Hall–Kier alpha value is -1.39. The van der Waals surface area contributed by atoms with Crippen LogP contribution in [0.15, 0.2) is 18.2 Å². The maximum atomic E-state index is 11.7. The Morgan fingerprint density at radius 2 is 2.22 bits per heavy atom. The van der Waals surface area contributed by atoms with Crippen molar-refractivity contribution in [2.45, 2.75) is 19.9 Å². The van der Waals surface area contributed by atoms with E-state index in [0.29, 0.717) is 19.7 Å². The van der Waals surface area contributed by atoms with Gasteiger partial charge >= 0.3 is 0 Å². The lowest BCUT2D eigenvalue weighted by molar-refractivity contribution is -0.142. The van der Waals surface area contributed by atoms with Crippen molar-refractivity contribution < 1.29 is 9.53 Å². The van der Waals surface area contributed by atoms with Crippen LogP contribution < -0.4 is 5.73 Å². The van der Waals surface area contributed by atoms with E-state index in [0.717, 1.165) is 5.56 Å². The van der Waals surface area contributed by atoms with Gasteiger partial charge < -0.3 is 15.4 Å². The minimum absolute atomic E-state index is 0.0296. The zero-order chi connectivity index (χ0) is 13.1. The summed E-state index contributed by atoms with van der Waals surface area (Å²) < 4.78 is 5.11. The Labute approximate surface area is 108 Å². The molecule has 4 heteroatoms. The van der Waals surface area contributed by atoms with Crippen molar-refractivity contribution in [1.29, 1.82) is 0 Å². The first-order chi connectivity index (χ1) is 8.58. The largest absolute Gasteiger partial charge is 0.370 e. The number of morpholine rings is 1. The van der Waals surface area contributed by atoms with E-state index in [1.54, 1.807) is 4.90 Å². The molecular weight excluding hydrogens is 228 g/mol. The third-order valence-corrected chi connectivity index (χ3v) is 3.34. The molecule has 0 aromatic heterocycles. The molecule has 0 aliphatic carbocycles. The standard InChI is InChI=1S/C14H20N2O2/c1-10-3-4-11(2)12(7-10)13(15)8-16-5-6-18-9-14(16)17/h3-4,7,13H,5-6,8-9,15H2,1-2H3. The molecule has 18 heavy (non-hydrogen) atoms. The summed E-state index contributed by atoms with van der Waals surface area (Å²) in [6, 6.07) is 6.12. The molecule has 2 N–H and O–H groups in total. The van der Waals surface area contributed by atoms with Crippen LogP contribution in [0.5, 0.6) is 0 Å². The highest BCUT2D eigenvalue weighted by Gasteiger charge is 2.21. The third-order valence-electron chi connectivity index (χ3n) is 3.34. The number of hydrogen-bond donors (Lipinski definition) is 1. The first-order valence-corrected chi connectivity index (χ1v) is 6.26. The molecule has 98 valence electrons. The second-order valence-electron chi connectivity index (χ2n) is 4.86. The first-order valence-electron chi connectivity index (χ1n) is 6.26. The van der Waals surface area contributed by atoms with Gasteiger partial charge in [0.25, 0.3) is 0 Å². The quantitative estimate of drug-likeness (QED) is 0.873. The van der Waals surface area contributed by atoms with E-state index in [4.69, 9.17) is 10.5 Å². The van der Waals surface area contributed by atoms with Crippen molar-refractivity contribution in [2.75, 3.05) is 26.3 Å². The molecule has 1 unspecified atom stereocenters. The minimum atomic E-state index is -0.132. The fraction of sp³-hybridized carbons (Fsp3) is 0.500. The summed E-state index contributed by atoms with van der Waals surface area (Å²) in [5, 5.41) is 0. The second-order valence-corrected chi connectivity index (χ2v) is 4.86. The SMILES string of the molecule is Cc1ccc(C)c(C(N)CN2CCOCC2=O)c1. The fourth-order valence-corrected chi connectivity index (χ4v) is 2.24. The predicted molar refractivity (Wildman–Crippen MR) is 70.2 cm³/mol. The van der Waals surface area contributed by atoms with Crippen LogP contribution in [0.4, 0.5) is 0 Å². The molecule has 0 saturated carbocycles. The van der Waals surface area contributed by atoms with Gasteiger partial charge in [0.2, 0.25) is 5.91 Å². The smallest absolute Gasteiger partial charge is 0.248 e. The molecule has 1 heterocycles. The average Bonchev–Trinajstić information content (AvgIpc) is 2.35. The highest BCUT2D eigenvalue weighted by Crippen LogP contribution is 2.19. The molecule has 1 aromatic rings. The van der Waals surface area contributed by atoms with Crippen molar-refractivity contribution in [3.63, 3.8) is 0 Å². The van der Waals surface area contributed by atoms with Crippen LogP contribution in [0.25, 0.3) is 0 Å². The van der Waals surface area contributed by atoms with Gasteiger partial charge in [-0.25, -0.2) is 0 Å². The number of hydrogen-bond acceptors (Lipinski definition) is 3. The lowest BCUT2D eigenvalue weighted by atomic mass is 9.99. The molecule has 1 aliphatic heterocycles. The molecule has 0 spiro atoms. The van der Waals surface area contributed by atoms with Crippen LogP contribution in [-0.2, 0) is 9.53 Å². The summed E-state index contributed by atoms with van der Waals surface area (Å²) in [5.41, 5.74) is 9.71. The normalized spacial score (nSPS) is 17.9. The number of rotatable bonds is 3. The molecule has 1 amide bonds. The highest BCUT2D eigenvalue weighted by molar-refractivity contribution is 5.78. The highest BCUT2D eigenvalue weighted by atomic mass is 16.5. The number of amides is 1. The number of nitrogens with two attached hydrogens (primary N) is 1. The average molecular weight is 248 g/mol. The van der Waals surface area contributed by atoms with E-state index in [9.17, 15) is 4.79 Å². The Balaban J connectivity index is 2.08. The molecule has 1 saturated heterocycles. The number of ether oxygens (including phenoxy) is 1. The Morgan fingerprint density at radius 3 is 2.94 bits per heavy atom. The monoisotopic (exact) mass is 248 g/mol. The number of aryl methyl sites for hydroxylation is 2. The molecule has 1 aliphatic rings. The Morgan fingerprint density at radius 1 is 1.44 bits per heavy atom. The van der Waals surface area contributed by atoms with Crippen LogP contribution in [0, 0.1) is 13.8 Å². The van der Waals surface area contributed by atoms with Crippen LogP contribution in [0.2, 0.25) is 0 Å². The van der Waals surface area contributed by atoms with Gasteiger partial charge in [-0.1, -0.05) is 23.8 Å². The van der Waals surface area contributed by atoms with Crippen molar-refractivity contribution >= 4 is 5.91 Å². The third kappa shape index (κ3) is 2.89. The molecule has 1 fully saturated rings. The number of carbonyl (C=O) groups excluding carboxylic acids is 1. The summed E-state index contributed by atoms with van der Waals surface area (Å²) in [7, 11) is 0. The van der Waals surface area contributed by atoms with Gasteiger partial charge in [-0.05, 0) is 25.0 Å². The van der Waals surface area contributed by atoms with Gasteiger partial charge in [-0.2, -0.15) is 0 Å². The van der Waals surface area contributed by atoms with Crippen LogP contribution in [0.3, 0.4) is 0 Å². The fourth-order valence-electron chi connectivity index (χ4n) is 2.24. The van der Waals surface area contributed by atoms with Gasteiger partial charge in [0, 0.05) is 19.1 Å². The van der Waals surface area contributed by atoms with Gasteiger partial charge in [-0.3, -0.25) is 4.79 Å². The van der Waals surface area contributed by atoms with Gasteiger partial charge in [0.15, 0.2) is 0 Å². The molecule has 1 aromatic carbocycles. The lowest BCUT2D eigenvalue weighted by Crippen LogP contribution is -2.44. The van der Waals surface area contributed by atoms with Crippen molar-refractivity contribution in [3.05, 3.63) is 34.9 Å². The molecule has 4 nitrogen and oxygen atoms in total. The number of carbonyl (C=O) groups is 1. The van der Waals surface area contributed by atoms with Gasteiger partial charge in [0.1, 0.15) is 6.61 Å². The van der Waals surface area contributed by atoms with Gasteiger partial charge in [-0.15, -0.1) is 0 Å². The second kappa shape index (κ2) is 5.50. The Kier molecular flexibility index (Phi) is 3.99. The zero-order valence-corrected chi connectivity index (χ0v) is 11.0. The van der Waals surface area contributed by atoms with Crippen LogP contribution in [-0.4, -0.2) is 37.1 Å². The number of nitrogens with zero attached hydrogens (tertiary/aromatic N) is 1. The summed E-state index contributed by atoms with van der Waals surface area (Å²) in [4.78, 5) is 13.4. The zero-order valence-electron chi connectivity index (χ0n) is 11.0. The number of benzene rings is 1.